The maximum absolute atomic E-state index is 10.8. The van der Waals surface area contributed by atoms with Gasteiger partial charge in [0.25, 0.3) is 0 Å². The lowest BCUT2D eigenvalue weighted by Gasteiger charge is -2.16. The third kappa shape index (κ3) is 3.13. The van der Waals surface area contributed by atoms with Crippen molar-refractivity contribution >= 4 is 24.8 Å². The van der Waals surface area contributed by atoms with E-state index >= 15 is 0 Å². The number of rotatable bonds is 5. The molecule has 12 nitrogen and oxygen atoms in total. The number of aliphatic hydroxyl groups excluding tert-OH is 2. The molecule has 132 valence electrons. The molecule has 13 heteroatoms. The number of phosphoric acid groups is 1. The largest absolute Gasteiger partial charge is 0.469 e. The van der Waals surface area contributed by atoms with Gasteiger partial charge in [-0.15, -0.1) is 0 Å². The van der Waals surface area contributed by atoms with E-state index in [9.17, 15) is 14.8 Å². The Morgan fingerprint density at radius 3 is 2.75 bits per heavy atom. The van der Waals surface area contributed by atoms with Crippen molar-refractivity contribution in [3.63, 3.8) is 0 Å². The van der Waals surface area contributed by atoms with E-state index in [0.29, 0.717) is 17.0 Å². The highest BCUT2D eigenvalue weighted by Gasteiger charge is 2.45. The van der Waals surface area contributed by atoms with Crippen molar-refractivity contribution in [1.82, 2.24) is 19.5 Å². The molecule has 2 aromatic heterocycles. The molecule has 0 unspecified atom stereocenters. The van der Waals surface area contributed by atoms with E-state index in [2.05, 4.69) is 24.8 Å². The number of nitrogens with one attached hydrogen (secondary N) is 1. The lowest BCUT2D eigenvalue weighted by molar-refractivity contribution is -0.0504. The number of imidazole rings is 1. The quantitative estimate of drug-likeness (QED) is 0.396. The highest BCUT2D eigenvalue weighted by Crippen LogP contribution is 2.38. The smallest absolute Gasteiger partial charge is 0.387 e. The lowest BCUT2D eigenvalue weighted by Crippen LogP contribution is -2.33. The van der Waals surface area contributed by atoms with Crippen molar-refractivity contribution in [2.24, 2.45) is 0 Å². The van der Waals surface area contributed by atoms with Crippen LogP contribution in [-0.4, -0.2) is 71.5 Å². The number of hydrogen-bond acceptors (Lipinski definition) is 9. The van der Waals surface area contributed by atoms with Crippen LogP contribution in [0.2, 0.25) is 0 Å². The summed E-state index contributed by atoms with van der Waals surface area (Å²) in [5.41, 5.74) is 0.808. The van der Waals surface area contributed by atoms with E-state index in [-0.39, 0.29) is 0 Å². The summed E-state index contributed by atoms with van der Waals surface area (Å²) >= 11 is 0. The zero-order valence-electron chi connectivity index (χ0n) is 12.4. The van der Waals surface area contributed by atoms with Gasteiger partial charge < -0.3 is 30.1 Å². The van der Waals surface area contributed by atoms with Gasteiger partial charge in [-0.05, 0) is 0 Å². The van der Waals surface area contributed by atoms with Crippen LogP contribution in [0.4, 0.5) is 5.82 Å². The second-order valence-corrected chi connectivity index (χ2v) is 6.37. The number of phosphoric ester groups is 1. The molecule has 2 aromatic rings. The fraction of sp³-hybridized carbons (Fsp3) is 0.545. The molecule has 4 atom stereocenters. The van der Waals surface area contributed by atoms with E-state index < -0.39 is 39.0 Å². The maximum Gasteiger partial charge on any atom is 0.469 e. The molecule has 1 saturated heterocycles. The fourth-order valence-electron chi connectivity index (χ4n) is 2.49. The number of ether oxygens (including phenoxy) is 1. The van der Waals surface area contributed by atoms with E-state index in [1.807, 2.05) is 0 Å². The van der Waals surface area contributed by atoms with Gasteiger partial charge in [0.15, 0.2) is 17.7 Å². The molecular weight excluding hydrogens is 345 g/mol. The zero-order chi connectivity index (χ0) is 17.5. The minimum absolute atomic E-state index is 0.363. The van der Waals surface area contributed by atoms with Crippen LogP contribution in [0.3, 0.4) is 0 Å². The minimum Gasteiger partial charge on any atom is -0.387 e. The predicted molar refractivity (Wildman–Crippen MR) is 78.8 cm³/mol. The van der Waals surface area contributed by atoms with E-state index in [4.69, 9.17) is 14.5 Å². The number of hydrogen-bond donors (Lipinski definition) is 5. The third-order valence-corrected chi connectivity index (χ3v) is 4.10. The molecule has 0 radical (unpaired) electrons. The van der Waals surface area contributed by atoms with Crippen LogP contribution in [0.25, 0.3) is 11.2 Å². The first kappa shape index (κ1) is 17.2. The second-order valence-electron chi connectivity index (χ2n) is 5.13. The monoisotopic (exact) mass is 361 g/mol. The molecule has 0 spiro atoms. The average molecular weight is 361 g/mol. The number of fused-ring (bicyclic) bond motifs is 1. The van der Waals surface area contributed by atoms with Crippen molar-refractivity contribution in [3.8, 4) is 0 Å². The fourth-order valence-corrected chi connectivity index (χ4v) is 2.83. The summed E-state index contributed by atoms with van der Waals surface area (Å²) in [6.07, 6.45) is -2.26. The summed E-state index contributed by atoms with van der Waals surface area (Å²) in [4.78, 5) is 29.7. The Bertz CT molecular complexity index is 779. The van der Waals surface area contributed by atoms with Crippen LogP contribution in [0.15, 0.2) is 12.7 Å². The van der Waals surface area contributed by atoms with Gasteiger partial charge in [0.05, 0.1) is 12.9 Å². The molecule has 1 aliphatic rings. The van der Waals surface area contributed by atoms with Gasteiger partial charge in [-0.25, -0.2) is 19.5 Å². The second kappa shape index (κ2) is 6.33. The molecule has 0 amide bonds. The molecule has 1 aliphatic heterocycles. The Kier molecular flexibility index (Phi) is 4.53. The van der Waals surface area contributed by atoms with Crippen LogP contribution in [0, 0.1) is 0 Å². The molecule has 0 saturated carbocycles. The average Bonchev–Trinajstić information content (AvgIpc) is 3.07. The summed E-state index contributed by atoms with van der Waals surface area (Å²) in [5, 5.41) is 23.0. The highest BCUT2D eigenvalue weighted by molar-refractivity contribution is 7.46. The summed E-state index contributed by atoms with van der Waals surface area (Å²) in [6.45, 7) is -0.581. The van der Waals surface area contributed by atoms with E-state index in [1.54, 1.807) is 7.05 Å². The topological polar surface area (TPSA) is 172 Å². The number of aromatic nitrogens is 4. The molecule has 5 N–H and O–H groups in total. The van der Waals surface area contributed by atoms with Crippen LogP contribution in [0.1, 0.15) is 6.23 Å². The Morgan fingerprint density at radius 1 is 1.33 bits per heavy atom. The predicted octanol–water partition coefficient (Wildman–Crippen LogP) is -1.40. The molecule has 0 bridgehead atoms. The van der Waals surface area contributed by atoms with Crippen LogP contribution >= 0.6 is 7.82 Å². The molecule has 24 heavy (non-hydrogen) atoms. The van der Waals surface area contributed by atoms with Gasteiger partial charge >= 0.3 is 7.82 Å². The standard InChI is InChI=1S/C11H16N5O7P/c1-12-9-6-10(14-3-13-9)16(4-15-6)11-8(18)7(17)5(23-11)2-22-24(19,20)21/h3-5,7-8,11,17-18H,2H2,1H3,(H,12,13,14)(H2,19,20,21)/t5-,7-,8-,11-/m1/s1. The highest BCUT2D eigenvalue weighted by atomic mass is 31.2. The number of nitrogens with zero attached hydrogens (tertiary/aromatic N) is 4. The van der Waals surface area contributed by atoms with Crippen LogP contribution < -0.4 is 5.32 Å². The minimum atomic E-state index is -4.71. The van der Waals surface area contributed by atoms with Crippen molar-refractivity contribution < 1.29 is 33.8 Å². The molecule has 3 rings (SSSR count). The number of anilines is 1. The van der Waals surface area contributed by atoms with Gasteiger partial charge in [-0.1, -0.05) is 0 Å². The van der Waals surface area contributed by atoms with Crippen molar-refractivity contribution in [2.45, 2.75) is 24.5 Å². The Balaban J connectivity index is 1.86. The third-order valence-electron chi connectivity index (χ3n) is 3.61. The van der Waals surface area contributed by atoms with Gasteiger partial charge in [-0.3, -0.25) is 9.09 Å². The summed E-state index contributed by atoms with van der Waals surface area (Å²) < 4.78 is 22.0. The van der Waals surface area contributed by atoms with Crippen molar-refractivity contribution in [2.75, 3.05) is 19.0 Å². The van der Waals surface area contributed by atoms with Crippen LogP contribution in [0.5, 0.6) is 0 Å². The van der Waals surface area contributed by atoms with Gasteiger partial charge in [0.2, 0.25) is 0 Å². The first-order chi connectivity index (χ1) is 11.3. The first-order valence-electron chi connectivity index (χ1n) is 6.89. The van der Waals surface area contributed by atoms with Crippen molar-refractivity contribution in [1.29, 1.82) is 0 Å². The maximum atomic E-state index is 10.8. The van der Waals surface area contributed by atoms with Gasteiger partial charge in [0.1, 0.15) is 30.2 Å². The summed E-state index contributed by atoms with van der Waals surface area (Å²) in [6, 6.07) is 0. The van der Waals surface area contributed by atoms with Crippen molar-refractivity contribution in [3.05, 3.63) is 12.7 Å². The number of aliphatic hydroxyl groups is 2. The molecule has 0 aliphatic carbocycles. The Labute approximate surface area is 135 Å². The molecule has 1 fully saturated rings. The van der Waals surface area contributed by atoms with E-state index in [0.717, 1.165) is 0 Å². The Morgan fingerprint density at radius 2 is 2.08 bits per heavy atom. The SMILES string of the molecule is CNc1ncnc2c1ncn2[C@@H]1O[C@H](COP(=O)(O)O)[C@@H](O)[C@H]1O. The Hall–Kier alpha value is -1.66. The van der Waals surface area contributed by atoms with E-state index in [1.165, 1.54) is 17.2 Å². The van der Waals surface area contributed by atoms with Gasteiger partial charge in [-0.2, -0.15) is 0 Å². The first-order valence-corrected chi connectivity index (χ1v) is 8.42. The summed E-state index contributed by atoms with van der Waals surface area (Å²) in [5.74, 6) is 0.480. The summed E-state index contributed by atoms with van der Waals surface area (Å²) in [7, 11) is -3.05. The van der Waals surface area contributed by atoms with Crippen LogP contribution in [-0.2, 0) is 13.8 Å². The lowest BCUT2D eigenvalue weighted by atomic mass is 10.1. The normalized spacial score (nSPS) is 27.7. The van der Waals surface area contributed by atoms with Gasteiger partial charge in [0, 0.05) is 7.05 Å². The molecule has 0 aromatic carbocycles. The molecular formula is C11H16N5O7P. The molecule has 3 heterocycles. The zero-order valence-corrected chi connectivity index (χ0v) is 13.3.